The summed E-state index contributed by atoms with van der Waals surface area (Å²) < 4.78 is 18.8. The Bertz CT molecular complexity index is 1230. The van der Waals surface area contributed by atoms with Gasteiger partial charge in [-0.2, -0.15) is 0 Å². The van der Waals surface area contributed by atoms with E-state index in [1.165, 1.54) is 48.5 Å². The van der Waals surface area contributed by atoms with Gasteiger partial charge in [-0.05, 0) is 59.8 Å². The van der Waals surface area contributed by atoms with Gasteiger partial charge in [-0.1, -0.05) is 23.7 Å². The summed E-state index contributed by atoms with van der Waals surface area (Å²) in [6.45, 7) is 0.0310. The Kier molecular flexibility index (Phi) is 5.67. The van der Waals surface area contributed by atoms with Gasteiger partial charge in [0.15, 0.2) is 0 Å². The van der Waals surface area contributed by atoms with E-state index in [1.807, 2.05) is 0 Å². The zero-order chi connectivity index (χ0) is 22.1. The van der Waals surface area contributed by atoms with Crippen LogP contribution in [-0.2, 0) is 11.3 Å². The maximum absolute atomic E-state index is 13.1. The van der Waals surface area contributed by atoms with Crippen molar-refractivity contribution in [3.63, 3.8) is 0 Å². The van der Waals surface area contributed by atoms with E-state index in [4.69, 9.17) is 21.1 Å². The molecule has 0 unspecified atom stereocenters. The van der Waals surface area contributed by atoms with Gasteiger partial charge in [-0.3, -0.25) is 14.5 Å². The molecule has 0 saturated carbocycles. The highest BCUT2D eigenvalue weighted by Crippen LogP contribution is 2.35. The standard InChI is InChI=1S/C22H13ClFNO5S/c23-17-7-3-13(21(27)28)9-16(17)18-8-6-15(30-18)10-19-20(26)25(22(29)31-19)11-12-1-4-14(24)5-2-12/h1-10H,11H2,(H,27,28)/b19-10-. The van der Waals surface area contributed by atoms with Crippen molar-refractivity contribution in [2.24, 2.45) is 0 Å². The van der Waals surface area contributed by atoms with E-state index in [0.717, 1.165) is 16.7 Å². The smallest absolute Gasteiger partial charge is 0.335 e. The molecule has 0 bridgehead atoms. The zero-order valence-corrected chi connectivity index (χ0v) is 17.2. The van der Waals surface area contributed by atoms with Crippen LogP contribution in [0.2, 0.25) is 5.02 Å². The minimum Gasteiger partial charge on any atom is -0.478 e. The number of carboxylic acids is 1. The van der Waals surface area contributed by atoms with Gasteiger partial charge in [0.2, 0.25) is 0 Å². The summed E-state index contributed by atoms with van der Waals surface area (Å²) in [5.74, 6) is -1.35. The molecule has 3 aromatic rings. The van der Waals surface area contributed by atoms with Gasteiger partial charge < -0.3 is 9.52 Å². The number of carboxylic acid groups (broad SMARTS) is 1. The largest absolute Gasteiger partial charge is 0.478 e. The Labute approximate surface area is 184 Å². The van der Waals surface area contributed by atoms with Crippen LogP contribution in [0.5, 0.6) is 0 Å². The van der Waals surface area contributed by atoms with Gasteiger partial charge in [0.1, 0.15) is 17.3 Å². The summed E-state index contributed by atoms with van der Waals surface area (Å²) in [4.78, 5) is 37.4. The van der Waals surface area contributed by atoms with E-state index in [-0.39, 0.29) is 17.0 Å². The van der Waals surface area contributed by atoms with Gasteiger partial charge in [0.05, 0.1) is 22.0 Å². The second-order valence-corrected chi connectivity index (χ2v) is 8.00. The highest BCUT2D eigenvalue weighted by molar-refractivity contribution is 8.18. The van der Waals surface area contributed by atoms with Gasteiger partial charge in [-0.15, -0.1) is 0 Å². The summed E-state index contributed by atoms with van der Waals surface area (Å²) >= 11 is 6.94. The molecule has 4 rings (SSSR count). The summed E-state index contributed by atoms with van der Waals surface area (Å²) in [5, 5.41) is 9.03. The number of rotatable bonds is 5. The molecule has 2 amide bonds. The number of nitrogens with zero attached hydrogens (tertiary/aromatic N) is 1. The minimum absolute atomic E-state index is 0.0310. The number of benzene rings is 2. The van der Waals surface area contributed by atoms with E-state index < -0.39 is 22.9 Å². The molecule has 1 saturated heterocycles. The van der Waals surface area contributed by atoms with Crippen molar-refractivity contribution in [2.75, 3.05) is 0 Å². The molecular weight excluding hydrogens is 445 g/mol. The topological polar surface area (TPSA) is 87.8 Å². The van der Waals surface area contributed by atoms with Gasteiger partial charge in [0.25, 0.3) is 11.1 Å². The maximum atomic E-state index is 13.1. The number of thioether (sulfide) groups is 1. The number of halogens is 2. The van der Waals surface area contributed by atoms with Crippen molar-refractivity contribution < 1.29 is 28.3 Å². The lowest BCUT2D eigenvalue weighted by Gasteiger charge is -2.12. The lowest BCUT2D eigenvalue weighted by molar-refractivity contribution is -0.123. The van der Waals surface area contributed by atoms with Gasteiger partial charge in [0, 0.05) is 11.6 Å². The molecule has 1 fully saturated rings. The zero-order valence-electron chi connectivity index (χ0n) is 15.7. The van der Waals surface area contributed by atoms with E-state index in [0.29, 0.717) is 27.7 Å². The third-order valence-electron chi connectivity index (χ3n) is 4.51. The van der Waals surface area contributed by atoms with Crippen molar-refractivity contribution in [2.45, 2.75) is 6.54 Å². The van der Waals surface area contributed by atoms with E-state index in [9.17, 15) is 18.8 Å². The van der Waals surface area contributed by atoms with Crippen LogP contribution in [0.15, 0.2) is 63.9 Å². The van der Waals surface area contributed by atoms with Gasteiger partial charge in [-0.25, -0.2) is 9.18 Å². The van der Waals surface area contributed by atoms with Crippen LogP contribution in [-0.4, -0.2) is 27.1 Å². The molecule has 2 aromatic carbocycles. The molecule has 0 atom stereocenters. The fraction of sp³-hybridized carbons (Fsp3) is 0.0455. The molecule has 0 radical (unpaired) electrons. The molecule has 2 heterocycles. The van der Waals surface area contributed by atoms with Crippen LogP contribution < -0.4 is 0 Å². The third kappa shape index (κ3) is 4.40. The lowest BCUT2D eigenvalue weighted by atomic mass is 10.1. The first-order chi connectivity index (χ1) is 14.8. The molecule has 9 heteroatoms. The molecule has 1 aliphatic heterocycles. The number of amides is 2. The highest BCUT2D eigenvalue weighted by atomic mass is 35.5. The number of carbonyl (C=O) groups is 3. The van der Waals surface area contributed by atoms with Crippen molar-refractivity contribution in [1.82, 2.24) is 4.90 Å². The summed E-state index contributed by atoms with van der Waals surface area (Å²) in [7, 11) is 0. The van der Waals surface area contributed by atoms with Crippen LogP contribution in [0.25, 0.3) is 17.4 Å². The first-order valence-corrected chi connectivity index (χ1v) is 10.1. The first kappa shape index (κ1) is 20.9. The summed E-state index contributed by atoms with van der Waals surface area (Å²) in [5.41, 5.74) is 1.07. The fourth-order valence-corrected chi connectivity index (χ4v) is 3.99. The molecule has 0 spiro atoms. The Morgan fingerprint density at radius 3 is 2.58 bits per heavy atom. The van der Waals surface area contributed by atoms with Crippen LogP contribution in [0.1, 0.15) is 21.7 Å². The molecule has 31 heavy (non-hydrogen) atoms. The Morgan fingerprint density at radius 2 is 1.87 bits per heavy atom. The van der Waals surface area contributed by atoms with Crippen LogP contribution in [0, 0.1) is 5.82 Å². The van der Waals surface area contributed by atoms with Crippen molar-refractivity contribution >= 4 is 46.6 Å². The highest BCUT2D eigenvalue weighted by Gasteiger charge is 2.35. The normalized spacial score (nSPS) is 15.2. The number of carbonyl (C=O) groups excluding carboxylic acids is 2. The Morgan fingerprint density at radius 1 is 1.13 bits per heavy atom. The molecule has 0 aliphatic carbocycles. The van der Waals surface area contributed by atoms with E-state index in [1.54, 1.807) is 12.1 Å². The number of imide groups is 1. The first-order valence-electron chi connectivity index (χ1n) is 8.94. The summed E-state index contributed by atoms with van der Waals surface area (Å²) in [6.07, 6.45) is 1.44. The minimum atomic E-state index is -1.10. The second kappa shape index (κ2) is 8.41. The molecule has 1 N–H and O–H groups in total. The Hall–Kier alpha value is -3.36. The molecule has 156 valence electrons. The molecule has 1 aliphatic rings. The number of aromatic carboxylic acids is 1. The van der Waals surface area contributed by atoms with Crippen LogP contribution in [0.4, 0.5) is 9.18 Å². The SMILES string of the molecule is O=C(O)c1ccc(Cl)c(-c2ccc(/C=C3\SC(=O)N(Cc4ccc(F)cc4)C3=O)o2)c1. The van der Waals surface area contributed by atoms with Crippen LogP contribution in [0.3, 0.4) is 0 Å². The molecular formula is C22H13ClFNO5S. The lowest BCUT2D eigenvalue weighted by Crippen LogP contribution is -2.27. The number of hydrogen-bond donors (Lipinski definition) is 1. The van der Waals surface area contributed by atoms with Crippen molar-refractivity contribution in [3.05, 3.63) is 87.2 Å². The summed E-state index contributed by atoms with van der Waals surface area (Å²) in [6, 6.07) is 13.0. The maximum Gasteiger partial charge on any atom is 0.335 e. The fourth-order valence-electron chi connectivity index (χ4n) is 2.96. The predicted molar refractivity (Wildman–Crippen MR) is 114 cm³/mol. The second-order valence-electron chi connectivity index (χ2n) is 6.60. The number of furan rings is 1. The van der Waals surface area contributed by atoms with E-state index in [2.05, 4.69) is 0 Å². The average Bonchev–Trinajstić information content (AvgIpc) is 3.30. The quantitative estimate of drug-likeness (QED) is 0.496. The average molecular weight is 458 g/mol. The monoisotopic (exact) mass is 457 g/mol. The predicted octanol–water partition coefficient (Wildman–Crippen LogP) is 5.67. The Balaban J connectivity index is 1.56. The van der Waals surface area contributed by atoms with E-state index >= 15 is 0 Å². The van der Waals surface area contributed by atoms with Gasteiger partial charge >= 0.3 is 5.97 Å². The van der Waals surface area contributed by atoms with Crippen molar-refractivity contribution in [1.29, 1.82) is 0 Å². The third-order valence-corrected chi connectivity index (χ3v) is 5.74. The molecule has 1 aromatic heterocycles. The van der Waals surface area contributed by atoms with Crippen molar-refractivity contribution in [3.8, 4) is 11.3 Å². The van der Waals surface area contributed by atoms with Crippen LogP contribution >= 0.6 is 23.4 Å². The number of hydrogen-bond acceptors (Lipinski definition) is 5. The molecule has 6 nitrogen and oxygen atoms in total.